The summed E-state index contributed by atoms with van der Waals surface area (Å²) in [5.41, 5.74) is 2.23. The summed E-state index contributed by atoms with van der Waals surface area (Å²) < 4.78 is 14.2. The van der Waals surface area contributed by atoms with E-state index in [1.807, 2.05) is 4.57 Å². The van der Waals surface area contributed by atoms with Crippen LogP contribution < -0.4 is 0 Å². The summed E-state index contributed by atoms with van der Waals surface area (Å²) in [6.45, 7) is 15.1. The lowest BCUT2D eigenvalue weighted by Gasteiger charge is -2.36. The Morgan fingerprint density at radius 2 is 2.07 bits per heavy atom. The number of hydrogen-bond acceptors (Lipinski definition) is 5. The molecule has 1 aliphatic rings. The normalized spacial score (nSPS) is 19.0. The first-order valence-corrected chi connectivity index (χ1v) is 13.5. The van der Waals surface area contributed by atoms with Gasteiger partial charge < -0.3 is 9.16 Å². The van der Waals surface area contributed by atoms with Gasteiger partial charge in [0.15, 0.2) is 14.0 Å². The molecule has 0 spiro atoms. The highest BCUT2D eigenvalue weighted by Crippen LogP contribution is 2.36. The molecule has 1 fully saturated rings. The quantitative estimate of drug-likeness (QED) is 0.513. The Morgan fingerprint density at radius 1 is 1.28 bits per heavy atom. The maximum Gasteiger partial charge on any atom is 0.191 e. The van der Waals surface area contributed by atoms with Crippen LogP contribution in [0.5, 0.6) is 0 Å². The van der Waals surface area contributed by atoms with Crippen molar-refractivity contribution in [3.05, 3.63) is 18.3 Å². The van der Waals surface area contributed by atoms with E-state index in [4.69, 9.17) is 9.16 Å². The molecule has 0 aliphatic carbocycles. The van der Waals surface area contributed by atoms with Gasteiger partial charge in [-0.1, -0.05) is 33.6 Å². The van der Waals surface area contributed by atoms with E-state index in [-0.39, 0.29) is 11.3 Å². The third kappa shape index (κ3) is 5.24. The Labute approximate surface area is 175 Å². The number of ether oxygens (including phenoxy) is 1. The Hall–Kier alpha value is -1.75. The number of nitrogens with zero attached hydrogens (tertiary/aromatic N) is 4. The molecule has 158 valence electrons. The van der Waals surface area contributed by atoms with Crippen molar-refractivity contribution in [2.45, 2.75) is 77.7 Å². The summed E-state index contributed by atoms with van der Waals surface area (Å²) in [5.74, 6) is 6.85. The number of imidazole rings is 1. The van der Waals surface area contributed by atoms with Crippen LogP contribution in [0.15, 0.2) is 12.7 Å². The van der Waals surface area contributed by atoms with Gasteiger partial charge >= 0.3 is 0 Å². The monoisotopic (exact) mass is 414 g/mol. The lowest BCUT2D eigenvalue weighted by atomic mass is 10.1. The van der Waals surface area contributed by atoms with Crippen LogP contribution in [0.25, 0.3) is 11.2 Å². The number of rotatable bonds is 5. The Kier molecular flexibility index (Phi) is 6.77. The highest BCUT2D eigenvalue weighted by molar-refractivity contribution is 6.74. The van der Waals surface area contributed by atoms with Crippen molar-refractivity contribution in [3.8, 4) is 11.8 Å². The van der Waals surface area contributed by atoms with Crippen LogP contribution in [0, 0.1) is 17.8 Å². The van der Waals surface area contributed by atoms with Crippen LogP contribution in [0.2, 0.25) is 18.1 Å². The van der Waals surface area contributed by atoms with Crippen molar-refractivity contribution in [3.63, 3.8) is 0 Å². The molecular formula is C22H34N4O2Si. The maximum absolute atomic E-state index is 6.32. The molecule has 6 nitrogen and oxygen atoms in total. The van der Waals surface area contributed by atoms with E-state index in [2.05, 4.69) is 67.6 Å². The minimum atomic E-state index is -1.71. The van der Waals surface area contributed by atoms with Gasteiger partial charge in [0.25, 0.3) is 0 Å². The van der Waals surface area contributed by atoms with Crippen LogP contribution in [-0.4, -0.2) is 41.1 Å². The predicted octanol–water partition coefficient (Wildman–Crippen LogP) is 4.92. The smallest absolute Gasteiger partial charge is 0.191 e. The van der Waals surface area contributed by atoms with Crippen molar-refractivity contribution in [1.29, 1.82) is 0 Å². The minimum Gasteiger partial charge on any atom is -0.417 e. The molecule has 1 aliphatic heterocycles. The van der Waals surface area contributed by atoms with E-state index < -0.39 is 8.32 Å². The van der Waals surface area contributed by atoms with Crippen LogP contribution in [0.3, 0.4) is 0 Å². The maximum atomic E-state index is 6.32. The average molecular weight is 415 g/mol. The van der Waals surface area contributed by atoms with Crippen molar-refractivity contribution in [2.75, 3.05) is 13.2 Å². The van der Waals surface area contributed by atoms with Crippen molar-refractivity contribution in [2.24, 2.45) is 5.92 Å². The molecule has 29 heavy (non-hydrogen) atoms. The van der Waals surface area contributed by atoms with Crippen LogP contribution in [0.1, 0.15) is 65.3 Å². The molecule has 0 amide bonds. The molecule has 0 saturated carbocycles. The molecule has 0 radical (unpaired) electrons. The Balaban J connectivity index is 1.65. The summed E-state index contributed by atoms with van der Waals surface area (Å²) in [7, 11) is -1.71. The molecule has 2 aromatic rings. The van der Waals surface area contributed by atoms with Gasteiger partial charge in [0.2, 0.25) is 0 Å². The summed E-state index contributed by atoms with van der Waals surface area (Å²) in [5, 5.41) is 0.228. The molecule has 1 saturated heterocycles. The van der Waals surface area contributed by atoms with E-state index in [1.165, 1.54) is 0 Å². The van der Waals surface area contributed by atoms with Gasteiger partial charge in [-0.25, -0.2) is 15.0 Å². The summed E-state index contributed by atoms with van der Waals surface area (Å²) in [4.78, 5) is 13.3. The third-order valence-electron chi connectivity index (χ3n) is 6.02. The minimum absolute atomic E-state index is 0.0111. The van der Waals surface area contributed by atoms with Crippen LogP contribution in [-0.2, 0) is 9.16 Å². The molecule has 2 atom stereocenters. The Bertz CT molecular complexity index is 886. The first kappa shape index (κ1) is 21.9. The molecule has 7 heteroatoms. The van der Waals surface area contributed by atoms with Crippen molar-refractivity contribution < 1.29 is 9.16 Å². The first-order valence-electron chi connectivity index (χ1n) is 10.6. The van der Waals surface area contributed by atoms with Gasteiger partial charge in [-0.2, -0.15) is 0 Å². The zero-order chi connectivity index (χ0) is 21.1. The van der Waals surface area contributed by atoms with E-state index in [1.54, 1.807) is 12.7 Å². The van der Waals surface area contributed by atoms with Crippen LogP contribution in [0.4, 0.5) is 0 Å². The fraction of sp³-hybridized carbons (Fsp3) is 0.682. The second-order valence-electron chi connectivity index (χ2n) is 9.55. The van der Waals surface area contributed by atoms with E-state index in [0.29, 0.717) is 11.6 Å². The molecule has 0 aromatic carbocycles. The SMILES string of the molecule is C[C@@H](CC#Cc1ncnc2c1ncn2C1CCCCO1)CO[Si](C)(C)C(C)(C)C. The largest absolute Gasteiger partial charge is 0.417 e. The predicted molar refractivity (Wildman–Crippen MR) is 118 cm³/mol. The van der Waals surface area contributed by atoms with Gasteiger partial charge in [0, 0.05) is 19.6 Å². The van der Waals surface area contributed by atoms with Gasteiger partial charge in [-0.05, 0) is 49.2 Å². The second kappa shape index (κ2) is 8.95. The lowest BCUT2D eigenvalue weighted by Crippen LogP contribution is -2.41. The highest BCUT2D eigenvalue weighted by atomic mass is 28.4. The molecule has 0 bridgehead atoms. The van der Waals surface area contributed by atoms with E-state index in [0.717, 1.165) is 50.1 Å². The fourth-order valence-electron chi connectivity index (χ4n) is 3.03. The average Bonchev–Trinajstić information content (AvgIpc) is 3.11. The van der Waals surface area contributed by atoms with Gasteiger partial charge in [-0.15, -0.1) is 0 Å². The van der Waals surface area contributed by atoms with E-state index in [9.17, 15) is 0 Å². The van der Waals surface area contributed by atoms with Gasteiger partial charge in [0.1, 0.15) is 23.8 Å². The third-order valence-corrected chi connectivity index (χ3v) is 10.5. The highest BCUT2D eigenvalue weighted by Gasteiger charge is 2.37. The van der Waals surface area contributed by atoms with Crippen LogP contribution >= 0.6 is 0 Å². The first-order chi connectivity index (χ1) is 13.7. The number of hydrogen-bond donors (Lipinski definition) is 0. The molecular weight excluding hydrogens is 380 g/mol. The summed E-state index contributed by atoms with van der Waals surface area (Å²) in [6, 6.07) is 0. The zero-order valence-corrected chi connectivity index (χ0v) is 19.7. The van der Waals surface area contributed by atoms with Gasteiger partial charge in [0.05, 0.1) is 6.33 Å². The van der Waals surface area contributed by atoms with E-state index >= 15 is 0 Å². The number of fused-ring (bicyclic) bond motifs is 1. The summed E-state index contributed by atoms with van der Waals surface area (Å²) in [6.07, 6.45) is 7.42. The van der Waals surface area contributed by atoms with Crippen molar-refractivity contribution in [1.82, 2.24) is 19.5 Å². The number of aromatic nitrogens is 4. The lowest BCUT2D eigenvalue weighted by molar-refractivity contribution is -0.0298. The van der Waals surface area contributed by atoms with Gasteiger partial charge in [-0.3, -0.25) is 4.57 Å². The molecule has 2 aromatic heterocycles. The van der Waals surface area contributed by atoms with Crippen molar-refractivity contribution >= 4 is 19.5 Å². The molecule has 1 unspecified atom stereocenters. The molecule has 0 N–H and O–H groups in total. The second-order valence-corrected chi connectivity index (χ2v) is 14.4. The topological polar surface area (TPSA) is 62.1 Å². The Morgan fingerprint density at radius 3 is 2.76 bits per heavy atom. The fourth-order valence-corrected chi connectivity index (χ4v) is 4.17. The summed E-state index contributed by atoms with van der Waals surface area (Å²) >= 11 is 0. The standard InChI is InChI=1S/C22H34N4O2Si/c1-17(14-28-29(5,6)22(2,3)4)10-9-11-18-20-21(24-15-23-18)26(16-25-20)19-12-7-8-13-27-19/h15-17,19H,7-8,10,12-14H2,1-6H3/t17-,19?/m0/s1. The molecule has 3 rings (SSSR count). The molecule has 3 heterocycles. The zero-order valence-electron chi connectivity index (χ0n) is 18.7.